The Morgan fingerprint density at radius 2 is 0.872 bits per heavy atom. The molecule has 78 heavy (non-hydrogen) atoms. The molecule has 6 nitrogen and oxygen atoms in total. The molecular weight excluding hydrogens is 967 g/mol. The number of fused-ring (bicyclic) bond motifs is 3. The van der Waals surface area contributed by atoms with Crippen LogP contribution in [0.3, 0.4) is 0 Å². The first-order valence-electron chi connectivity index (χ1n) is 27.0. The van der Waals surface area contributed by atoms with E-state index in [-0.39, 0.29) is 23.7 Å². The van der Waals surface area contributed by atoms with E-state index in [1.165, 1.54) is 34.4 Å². The van der Waals surface area contributed by atoms with Gasteiger partial charge in [0.2, 0.25) is 0 Å². The van der Waals surface area contributed by atoms with Crippen LogP contribution < -0.4 is 4.74 Å². The van der Waals surface area contributed by atoms with E-state index < -0.39 is 11.6 Å². The summed E-state index contributed by atoms with van der Waals surface area (Å²) in [6, 6.07) is 63.4. The molecule has 3 aromatic heterocycles. The number of para-hydroxylation sites is 2. The lowest BCUT2D eigenvalue weighted by Gasteiger charge is -2.24. The first-order chi connectivity index (χ1) is 37.8. The molecule has 0 aliphatic rings. The zero-order chi connectivity index (χ0) is 53.9. The summed E-state index contributed by atoms with van der Waals surface area (Å²) < 4.78 is 48.5. The highest BCUT2D eigenvalue weighted by atomic mass is 19.2. The quantitative estimate of drug-likeness (QED) is 0.115. The fourth-order valence-electron chi connectivity index (χ4n) is 11.1. The number of hydrogen-bond acceptors (Lipinski definition) is 4. The lowest BCUT2D eigenvalue weighted by Crippen LogP contribution is -2.09. The first-order valence-corrected chi connectivity index (χ1v) is 27.0. The van der Waals surface area contributed by atoms with Gasteiger partial charge in [-0.15, -0.1) is 0 Å². The molecule has 0 aliphatic carbocycles. The molecule has 0 fully saturated rings. The number of ether oxygens (including phenoxy) is 1. The average molecular weight is 1030 g/mol. The van der Waals surface area contributed by atoms with Gasteiger partial charge in [-0.2, -0.15) is 0 Å². The Morgan fingerprint density at radius 1 is 0.397 bits per heavy atom. The zero-order valence-electron chi connectivity index (χ0n) is 45.1. The van der Waals surface area contributed by atoms with Crippen molar-refractivity contribution in [3.05, 3.63) is 228 Å². The fourth-order valence-corrected chi connectivity index (χ4v) is 11.1. The van der Waals surface area contributed by atoms with Gasteiger partial charge < -0.3 is 9.15 Å². The molecular formula is C70H60F2N4O2. The summed E-state index contributed by atoms with van der Waals surface area (Å²) in [6.07, 6.45) is 1.65. The number of benzene rings is 9. The van der Waals surface area contributed by atoms with E-state index in [9.17, 15) is 0 Å². The Bertz CT molecular complexity index is 4150. The zero-order valence-corrected chi connectivity index (χ0v) is 45.1. The smallest absolute Gasteiger partial charge is 0.176 e. The van der Waals surface area contributed by atoms with Crippen LogP contribution in [0.4, 0.5) is 8.78 Å². The number of hydrogen-bond donors (Lipinski definition) is 0. The van der Waals surface area contributed by atoms with Crippen LogP contribution in [0.2, 0.25) is 0 Å². The highest BCUT2D eigenvalue weighted by Gasteiger charge is 2.28. The van der Waals surface area contributed by atoms with Gasteiger partial charge in [0.15, 0.2) is 23.0 Å². The van der Waals surface area contributed by atoms with Gasteiger partial charge in [0.05, 0.1) is 39.7 Å². The van der Waals surface area contributed by atoms with E-state index in [1.807, 2.05) is 53.1 Å². The minimum absolute atomic E-state index is 0.0370. The maximum atomic E-state index is 15.7. The molecule has 386 valence electrons. The second-order valence-corrected chi connectivity index (χ2v) is 21.7. The fraction of sp³-hybridized carbons (Fsp3) is 0.171. The van der Waals surface area contributed by atoms with Crippen LogP contribution in [0.1, 0.15) is 101 Å². The van der Waals surface area contributed by atoms with Crippen LogP contribution in [0.25, 0.3) is 101 Å². The second-order valence-electron chi connectivity index (χ2n) is 21.7. The Labute approximate surface area is 454 Å². The average Bonchev–Trinajstić information content (AvgIpc) is 4.34. The Hall–Kier alpha value is -8.88. The van der Waals surface area contributed by atoms with Crippen molar-refractivity contribution in [2.45, 2.75) is 79.1 Å². The predicted octanol–water partition coefficient (Wildman–Crippen LogP) is 20.0. The van der Waals surface area contributed by atoms with Crippen LogP contribution in [-0.2, 0) is 0 Å². The number of aromatic nitrogens is 4. The maximum Gasteiger partial charge on any atom is 0.176 e. The third kappa shape index (κ3) is 9.04. The summed E-state index contributed by atoms with van der Waals surface area (Å²) in [7, 11) is 0. The molecule has 0 unspecified atom stereocenters. The molecule has 0 radical (unpaired) electrons. The number of rotatable bonds is 13. The van der Waals surface area contributed by atoms with E-state index in [1.54, 1.807) is 6.26 Å². The Kier molecular flexibility index (Phi) is 13.0. The summed E-state index contributed by atoms with van der Waals surface area (Å²) in [4.78, 5) is 10.5. The Balaban J connectivity index is 0.996. The first kappa shape index (κ1) is 50.0. The molecule has 0 spiro atoms. The van der Waals surface area contributed by atoms with E-state index in [2.05, 4.69) is 187 Å². The third-order valence-corrected chi connectivity index (χ3v) is 15.1. The standard InChI is InChI=1S/C70H60F2N4O2/c1-41(2)55-34-51(46-20-13-10-14-21-46)35-56(42(3)4)66(55)75-63-25-16-15-24-61(63)73-69(75)50-22-17-23-54(33-50)78-65-38-53(32-49-30-31-77-68(49)65)70-74-62-39-59(71)60(72)40-64(62)76(70)67-57(43(5)6)36-52(37-58(67)44(7)8)48-28-26-47(27-29-48)45-18-11-9-12-19-45/h9-44H,1-8H3. The van der Waals surface area contributed by atoms with Gasteiger partial charge >= 0.3 is 0 Å². The van der Waals surface area contributed by atoms with Crippen LogP contribution in [-0.4, -0.2) is 19.1 Å². The van der Waals surface area contributed by atoms with Crippen LogP contribution in [0, 0.1) is 11.6 Å². The predicted molar refractivity (Wildman–Crippen MR) is 315 cm³/mol. The summed E-state index contributed by atoms with van der Waals surface area (Å²) in [5.74, 6) is 0.898. The molecule has 0 aliphatic heterocycles. The third-order valence-electron chi connectivity index (χ3n) is 15.1. The van der Waals surface area contributed by atoms with Crippen LogP contribution in [0.15, 0.2) is 199 Å². The van der Waals surface area contributed by atoms with Crippen LogP contribution in [0.5, 0.6) is 11.5 Å². The van der Waals surface area contributed by atoms with Gasteiger partial charge in [-0.25, -0.2) is 18.7 Å². The lowest BCUT2D eigenvalue weighted by atomic mass is 9.87. The minimum atomic E-state index is -0.964. The summed E-state index contributed by atoms with van der Waals surface area (Å²) in [6.45, 7) is 17.7. The summed E-state index contributed by atoms with van der Waals surface area (Å²) >= 11 is 0. The highest BCUT2D eigenvalue weighted by molar-refractivity contribution is 5.92. The van der Waals surface area contributed by atoms with Crippen molar-refractivity contribution in [2.24, 2.45) is 0 Å². The molecule has 0 bridgehead atoms. The molecule has 12 rings (SSSR count). The molecule has 0 saturated heterocycles. The molecule has 0 saturated carbocycles. The largest absolute Gasteiger partial charge is 0.460 e. The van der Waals surface area contributed by atoms with Gasteiger partial charge in [-0.3, -0.25) is 9.13 Å². The van der Waals surface area contributed by atoms with E-state index in [0.717, 1.165) is 72.6 Å². The molecule has 0 amide bonds. The van der Waals surface area contributed by atoms with Crippen molar-refractivity contribution in [1.82, 2.24) is 19.1 Å². The van der Waals surface area contributed by atoms with Crippen molar-refractivity contribution < 1.29 is 17.9 Å². The molecule has 12 aromatic rings. The Morgan fingerprint density at radius 3 is 1.46 bits per heavy atom. The lowest BCUT2D eigenvalue weighted by molar-refractivity contribution is 0.473. The molecule has 8 heteroatoms. The minimum Gasteiger partial charge on any atom is -0.460 e. The van der Waals surface area contributed by atoms with Gasteiger partial charge in [-0.05, 0) is 146 Å². The molecule has 3 heterocycles. The SMILES string of the molecule is CC(C)c1cc(-c2ccccc2)cc(C(C)C)c1-n1c(-c2cccc(Oc3cc(-c4nc5cc(F)c(F)cc5n4-c4c(C(C)C)cc(-c5ccc(-c6ccccc6)cc5)cc4C(C)C)cc4ccoc34)c2)nc2ccccc21. The van der Waals surface area contributed by atoms with Crippen molar-refractivity contribution in [3.8, 4) is 79.0 Å². The van der Waals surface area contributed by atoms with Gasteiger partial charge in [0.25, 0.3) is 0 Å². The van der Waals surface area contributed by atoms with E-state index >= 15 is 8.78 Å². The second kappa shape index (κ2) is 20.2. The molecule has 0 N–H and O–H groups in total. The van der Waals surface area contributed by atoms with Crippen LogP contribution >= 0.6 is 0 Å². The topological polar surface area (TPSA) is 58.0 Å². The number of nitrogens with zero attached hydrogens (tertiary/aromatic N) is 4. The van der Waals surface area contributed by atoms with E-state index in [4.69, 9.17) is 19.1 Å². The number of furan rings is 1. The van der Waals surface area contributed by atoms with E-state index in [0.29, 0.717) is 39.5 Å². The van der Waals surface area contributed by atoms with Gasteiger partial charge in [-0.1, -0.05) is 165 Å². The van der Waals surface area contributed by atoms with Gasteiger partial charge in [0, 0.05) is 28.6 Å². The van der Waals surface area contributed by atoms with Crippen molar-refractivity contribution in [2.75, 3.05) is 0 Å². The molecule has 0 atom stereocenters. The van der Waals surface area contributed by atoms with Crippen molar-refractivity contribution in [3.63, 3.8) is 0 Å². The monoisotopic (exact) mass is 1030 g/mol. The van der Waals surface area contributed by atoms with Crippen molar-refractivity contribution in [1.29, 1.82) is 0 Å². The highest BCUT2D eigenvalue weighted by Crippen LogP contribution is 2.45. The maximum absolute atomic E-state index is 15.7. The van der Waals surface area contributed by atoms with Gasteiger partial charge in [0.1, 0.15) is 17.4 Å². The molecule has 9 aromatic carbocycles. The van der Waals surface area contributed by atoms with Crippen molar-refractivity contribution >= 4 is 33.0 Å². The number of halogens is 2. The normalized spacial score (nSPS) is 11.9. The summed E-state index contributed by atoms with van der Waals surface area (Å²) in [5, 5.41) is 0.778. The number of imidazole rings is 2. The summed E-state index contributed by atoms with van der Waals surface area (Å²) in [5.41, 5.74) is 18.2.